The van der Waals surface area contributed by atoms with Crippen molar-refractivity contribution in [1.82, 2.24) is 15.5 Å². The smallest absolute Gasteiger partial charge is 0.191 e. The molecule has 2 N–H and O–H groups in total. The Morgan fingerprint density at radius 1 is 1.17 bits per heavy atom. The summed E-state index contributed by atoms with van der Waals surface area (Å²) in [6.07, 6.45) is 9.89. The predicted molar refractivity (Wildman–Crippen MR) is 104 cm³/mol. The molecule has 5 nitrogen and oxygen atoms in total. The summed E-state index contributed by atoms with van der Waals surface area (Å²) in [6, 6.07) is 0.406. The van der Waals surface area contributed by atoms with Crippen molar-refractivity contribution in [2.24, 2.45) is 4.99 Å². The van der Waals surface area contributed by atoms with Crippen LogP contribution in [0.25, 0.3) is 0 Å². The van der Waals surface area contributed by atoms with Gasteiger partial charge in [0.05, 0.1) is 0 Å². The van der Waals surface area contributed by atoms with E-state index in [2.05, 4.69) is 20.5 Å². The number of likely N-dealkylation sites (tertiary alicyclic amines) is 1. The van der Waals surface area contributed by atoms with Crippen LogP contribution in [0.5, 0.6) is 0 Å². The molecule has 1 saturated heterocycles. The third-order valence-electron chi connectivity index (χ3n) is 5.27. The van der Waals surface area contributed by atoms with Gasteiger partial charge in [0.15, 0.2) is 5.96 Å². The quantitative estimate of drug-likeness (QED) is 0.565. The van der Waals surface area contributed by atoms with Crippen molar-refractivity contribution >= 4 is 16.8 Å². The molecule has 2 rings (SSSR count). The lowest BCUT2D eigenvalue weighted by molar-refractivity contribution is 0.289. The van der Waals surface area contributed by atoms with Gasteiger partial charge in [-0.25, -0.2) is 0 Å². The van der Waals surface area contributed by atoms with Gasteiger partial charge in [0, 0.05) is 48.0 Å². The minimum atomic E-state index is -0.668. The number of aliphatic imine (C=N–C) groups is 1. The van der Waals surface area contributed by atoms with E-state index in [4.69, 9.17) is 0 Å². The second-order valence-electron chi connectivity index (χ2n) is 7.05. The Balaban J connectivity index is 1.70. The molecular formula is C18H36N4OS. The van der Waals surface area contributed by atoms with Gasteiger partial charge in [-0.3, -0.25) is 9.20 Å². The molecule has 0 amide bonds. The van der Waals surface area contributed by atoms with Crippen LogP contribution in [-0.2, 0) is 10.8 Å². The predicted octanol–water partition coefficient (Wildman–Crippen LogP) is 2.11. The van der Waals surface area contributed by atoms with Gasteiger partial charge in [0.25, 0.3) is 0 Å². The Kier molecular flexibility index (Phi) is 9.10. The normalized spacial score (nSPS) is 28.2. The third-order valence-corrected chi connectivity index (χ3v) is 7.01. The zero-order valence-electron chi connectivity index (χ0n) is 15.6. The first-order chi connectivity index (χ1) is 11.7. The van der Waals surface area contributed by atoms with Gasteiger partial charge in [-0.15, -0.1) is 0 Å². The fourth-order valence-corrected chi connectivity index (χ4v) is 5.18. The van der Waals surface area contributed by atoms with E-state index in [0.29, 0.717) is 11.3 Å². The molecule has 1 aliphatic heterocycles. The lowest BCUT2D eigenvalue weighted by atomic mass is 9.95. The number of guanidine groups is 1. The van der Waals surface area contributed by atoms with Crippen molar-refractivity contribution in [3.63, 3.8) is 0 Å². The van der Waals surface area contributed by atoms with Gasteiger partial charge in [-0.2, -0.15) is 0 Å². The molecule has 2 aliphatic rings. The van der Waals surface area contributed by atoms with E-state index in [1.807, 2.05) is 14.0 Å². The van der Waals surface area contributed by atoms with E-state index in [1.165, 1.54) is 45.2 Å². The van der Waals surface area contributed by atoms with E-state index in [9.17, 15) is 4.21 Å². The highest BCUT2D eigenvalue weighted by atomic mass is 32.2. The Labute approximate surface area is 150 Å². The molecule has 24 heavy (non-hydrogen) atoms. The topological polar surface area (TPSA) is 56.7 Å². The highest BCUT2D eigenvalue weighted by Gasteiger charge is 2.26. The highest BCUT2D eigenvalue weighted by molar-refractivity contribution is 7.85. The molecule has 1 saturated carbocycles. The average molecular weight is 357 g/mol. The number of rotatable bonds is 6. The molecule has 140 valence electrons. The molecule has 1 aliphatic carbocycles. The van der Waals surface area contributed by atoms with E-state index >= 15 is 0 Å². The monoisotopic (exact) mass is 356 g/mol. The fourth-order valence-electron chi connectivity index (χ4n) is 3.83. The number of nitrogens with one attached hydrogen (secondary N) is 2. The first kappa shape index (κ1) is 19.7. The molecule has 3 atom stereocenters. The highest BCUT2D eigenvalue weighted by Crippen LogP contribution is 2.22. The van der Waals surface area contributed by atoms with Gasteiger partial charge in [-0.1, -0.05) is 26.2 Å². The number of nitrogens with zero attached hydrogens (tertiary/aromatic N) is 2. The molecule has 1 heterocycles. The second kappa shape index (κ2) is 11.1. The summed E-state index contributed by atoms with van der Waals surface area (Å²) >= 11 is 0. The van der Waals surface area contributed by atoms with Gasteiger partial charge >= 0.3 is 0 Å². The maximum absolute atomic E-state index is 12.1. The van der Waals surface area contributed by atoms with Crippen molar-refractivity contribution in [1.29, 1.82) is 0 Å². The van der Waals surface area contributed by atoms with Crippen LogP contribution >= 0.6 is 0 Å². The van der Waals surface area contributed by atoms with Crippen molar-refractivity contribution in [3.05, 3.63) is 0 Å². The van der Waals surface area contributed by atoms with Gasteiger partial charge in [0.2, 0.25) is 0 Å². The molecule has 0 aromatic heterocycles. The van der Waals surface area contributed by atoms with Gasteiger partial charge in [0.1, 0.15) is 0 Å². The second-order valence-corrected chi connectivity index (χ2v) is 9.06. The zero-order valence-corrected chi connectivity index (χ0v) is 16.4. The van der Waals surface area contributed by atoms with Crippen LogP contribution in [0, 0.1) is 0 Å². The van der Waals surface area contributed by atoms with Crippen molar-refractivity contribution < 1.29 is 4.21 Å². The number of hydrogen-bond acceptors (Lipinski definition) is 3. The molecule has 0 aromatic rings. The molecule has 2 fully saturated rings. The van der Waals surface area contributed by atoms with Crippen molar-refractivity contribution in [3.8, 4) is 0 Å². The Morgan fingerprint density at radius 3 is 2.58 bits per heavy atom. The van der Waals surface area contributed by atoms with E-state index in [-0.39, 0.29) is 0 Å². The van der Waals surface area contributed by atoms with Crippen LogP contribution in [0.4, 0.5) is 0 Å². The summed E-state index contributed by atoms with van der Waals surface area (Å²) in [7, 11) is 1.17. The minimum absolute atomic E-state index is 0.358. The van der Waals surface area contributed by atoms with Crippen LogP contribution in [0.2, 0.25) is 0 Å². The van der Waals surface area contributed by atoms with Crippen LogP contribution in [0.1, 0.15) is 58.3 Å². The summed E-state index contributed by atoms with van der Waals surface area (Å²) < 4.78 is 12.1. The summed E-state index contributed by atoms with van der Waals surface area (Å²) in [5.41, 5.74) is 0. The molecule has 0 aromatic carbocycles. The molecule has 0 bridgehead atoms. The Bertz CT molecular complexity index is 408. The largest absolute Gasteiger partial charge is 0.355 e. The van der Waals surface area contributed by atoms with E-state index < -0.39 is 10.8 Å². The first-order valence-corrected chi connectivity index (χ1v) is 11.2. The first-order valence-electron chi connectivity index (χ1n) is 9.79. The van der Waals surface area contributed by atoms with Crippen molar-refractivity contribution in [2.75, 3.05) is 39.0 Å². The summed E-state index contributed by atoms with van der Waals surface area (Å²) in [6.45, 7) is 6.53. The maximum atomic E-state index is 12.1. The lowest BCUT2D eigenvalue weighted by Gasteiger charge is -2.30. The summed E-state index contributed by atoms with van der Waals surface area (Å²) in [5, 5.41) is 7.37. The van der Waals surface area contributed by atoms with Crippen LogP contribution in [-0.4, -0.2) is 65.3 Å². The Hall–Kier alpha value is -0.620. The van der Waals surface area contributed by atoms with Gasteiger partial charge < -0.3 is 15.5 Å². The molecular weight excluding hydrogens is 320 g/mol. The fraction of sp³-hybridized carbons (Fsp3) is 0.944. The van der Waals surface area contributed by atoms with Crippen LogP contribution in [0.3, 0.4) is 0 Å². The van der Waals surface area contributed by atoms with Crippen LogP contribution in [0.15, 0.2) is 4.99 Å². The number of hydrogen-bond donors (Lipinski definition) is 2. The van der Waals surface area contributed by atoms with Gasteiger partial charge in [-0.05, 0) is 45.2 Å². The molecule has 0 spiro atoms. The summed E-state index contributed by atoms with van der Waals surface area (Å²) in [5.74, 6) is 1.68. The third kappa shape index (κ3) is 6.71. The lowest BCUT2D eigenvalue weighted by Crippen LogP contribution is -2.48. The average Bonchev–Trinajstić information content (AvgIpc) is 2.89. The molecule has 6 heteroatoms. The van der Waals surface area contributed by atoms with Crippen molar-refractivity contribution in [2.45, 2.75) is 69.6 Å². The summed E-state index contributed by atoms with van der Waals surface area (Å²) in [4.78, 5) is 6.94. The molecule has 0 radical (unpaired) electrons. The molecule has 3 unspecified atom stereocenters. The standard InChI is InChI=1S/C18H36N4OS/c1-3-24(23)17-10-8-9-16(15-17)21-18(19-2)20-11-14-22-12-6-4-5-7-13-22/h16-17H,3-15H2,1-2H3,(H2,19,20,21). The van der Waals surface area contributed by atoms with Crippen LogP contribution < -0.4 is 10.6 Å². The van der Waals surface area contributed by atoms with E-state index in [1.54, 1.807) is 0 Å². The SMILES string of the molecule is CCS(=O)C1CCCC(NC(=NC)NCCN2CCCCCC2)C1. The zero-order chi connectivity index (χ0) is 17.2. The van der Waals surface area contributed by atoms with E-state index in [0.717, 1.165) is 44.1 Å². The minimum Gasteiger partial charge on any atom is -0.355 e. The maximum Gasteiger partial charge on any atom is 0.191 e. The Morgan fingerprint density at radius 2 is 1.92 bits per heavy atom.